The van der Waals surface area contributed by atoms with Crippen molar-refractivity contribution >= 4 is 29.1 Å². The van der Waals surface area contributed by atoms with E-state index in [1.54, 1.807) is 19.9 Å². The molecule has 1 rings (SSSR count). The van der Waals surface area contributed by atoms with Gasteiger partial charge in [-0.25, -0.2) is 0 Å². The summed E-state index contributed by atoms with van der Waals surface area (Å²) in [6.07, 6.45) is 12.2. The quantitative estimate of drug-likeness (QED) is 0.812. The molecule has 2 nitrogen and oxygen atoms in total. The Hall–Kier alpha value is -1.61. The first-order chi connectivity index (χ1) is 9.75. The number of benzene rings is 1. The van der Waals surface area contributed by atoms with Crippen LogP contribution in [0.2, 0.25) is 10.0 Å². The van der Waals surface area contributed by atoms with Crippen LogP contribution in [0.25, 0.3) is 0 Å². The molecular formula is C17H19Cl2NO. The predicted molar refractivity (Wildman–Crippen MR) is 90.6 cm³/mol. The summed E-state index contributed by atoms with van der Waals surface area (Å²) in [7, 11) is 0. The molecule has 0 aliphatic heterocycles. The van der Waals surface area contributed by atoms with E-state index >= 15 is 0 Å². The van der Waals surface area contributed by atoms with Gasteiger partial charge in [0.15, 0.2) is 0 Å². The van der Waals surface area contributed by atoms with Gasteiger partial charge in [0.25, 0.3) is 5.91 Å². The lowest BCUT2D eigenvalue weighted by atomic mass is 10.1. The van der Waals surface area contributed by atoms with Crippen molar-refractivity contribution in [2.45, 2.75) is 39.2 Å². The van der Waals surface area contributed by atoms with Crippen molar-refractivity contribution in [2.75, 3.05) is 0 Å². The van der Waals surface area contributed by atoms with E-state index in [1.165, 1.54) is 12.1 Å². The molecule has 0 fully saturated rings. The van der Waals surface area contributed by atoms with Gasteiger partial charge in [0.05, 0.1) is 5.54 Å². The van der Waals surface area contributed by atoms with Gasteiger partial charge in [-0.2, -0.15) is 0 Å². The lowest BCUT2D eigenvalue weighted by molar-refractivity contribution is 0.0930. The molecular weight excluding hydrogens is 305 g/mol. The molecule has 0 saturated carbocycles. The first-order valence-corrected chi connectivity index (χ1v) is 7.21. The van der Waals surface area contributed by atoms with Crippen molar-refractivity contribution in [1.82, 2.24) is 5.32 Å². The Morgan fingerprint density at radius 3 is 2.10 bits per heavy atom. The molecule has 0 unspecified atom stereocenters. The number of carbonyl (C=O) groups is 1. The van der Waals surface area contributed by atoms with Crippen LogP contribution in [-0.4, -0.2) is 11.4 Å². The average Bonchev–Trinajstić information content (AvgIpc) is 2.39. The third-order valence-electron chi connectivity index (χ3n) is 2.31. The summed E-state index contributed by atoms with van der Waals surface area (Å²) in [4.78, 5) is 11.8. The smallest absolute Gasteiger partial charge is 0.252 e. The largest absolute Gasteiger partial charge is 0.336 e. The van der Waals surface area contributed by atoms with E-state index in [0.29, 0.717) is 15.6 Å². The Labute approximate surface area is 137 Å². The summed E-state index contributed by atoms with van der Waals surface area (Å²) in [5.74, 6) is 4.69. The second-order valence-electron chi connectivity index (χ2n) is 4.84. The van der Waals surface area contributed by atoms with Crippen LogP contribution in [0.5, 0.6) is 0 Å². The van der Waals surface area contributed by atoms with Gasteiger partial charge in [0.1, 0.15) is 0 Å². The van der Waals surface area contributed by atoms with Crippen LogP contribution in [0.15, 0.2) is 18.2 Å². The van der Waals surface area contributed by atoms with E-state index in [0.717, 1.165) is 12.8 Å². The minimum Gasteiger partial charge on any atom is -0.336 e. The maximum atomic E-state index is 11.8. The molecule has 21 heavy (non-hydrogen) atoms. The SMILES string of the molecule is C#CC(C)(C)NC(=O)c1cc(Cl)cc(Cl)c1.C#CCCC. The Bertz CT molecular complexity index is 545. The standard InChI is InChI=1S/C12H11Cl2NO.C5H8/c1-4-12(2,3)15-11(16)8-5-9(13)7-10(14)6-8;1-3-5-4-2/h1,5-7H,2-3H3,(H,15,16);1H,4-5H2,2H3. The number of nitrogens with one attached hydrogen (secondary N) is 1. The zero-order valence-electron chi connectivity index (χ0n) is 12.5. The normalized spacial score (nSPS) is 9.67. The summed E-state index contributed by atoms with van der Waals surface area (Å²) in [5.41, 5.74) is -0.313. The zero-order chi connectivity index (χ0) is 16.5. The molecule has 0 spiro atoms. The van der Waals surface area contributed by atoms with Gasteiger partial charge in [0, 0.05) is 22.0 Å². The van der Waals surface area contributed by atoms with Crippen LogP contribution in [0.3, 0.4) is 0 Å². The van der Waals surface area contributed by atoms with Crippen molar-refractivity contribution in [3.05, 3.63) is 33.8 Å². The fourth-order valence-corrected chi connectivity index (χ4v) is 1.75. The van der Waals surface area contributed by atoms with Crippen molar-refractivity contribution in [2.24, 2.45) is 0 Å². The van der Waals surface area contributed by atoms with Gasteiger partial charge in [-0.1, -0.05) is 36.0 Å². The number of halogens is 2. The topological polar surface area (TPSA) is 29.1 Å². The second-order valence-corrected chi connectivity index (χ2v) is 5.71. The molecule has 1 aromatic rings. The molecule has 0 radical (unpaired) electrons. The summed E-state index contributed by atoms with van der Waals surface area (Å²) >= 11 is 11.6. The lowest BCUT2D eigenvalue weighted by Gasteiger charge is -2.19. The van der Waals surface area contributed by atoms with E-state index in [1.807, 2.05) is 0 Å². The molecule has 1 N–H and O–H groups in total. The first-order valence-electron chi connectivity index (χ1n) is 6.45. The molecule has 1 amide bonds. The maximum absolute atomic E-state index is 11.8. The highest BCUT2D eigenvalue weighted by Gasteiger charge is 2.18. The van der Waals surface area contributed by atoms with Gasteiger partial charge < -0.3 is 5.32 Å². The van der Waals surface area contributed by atoms with Crippen LogP contribution in [0.4, 0.5) is 0 Å². The van der Waals surface area contributed by atoms with Crippen molar-refractivity contribution in [3.63, 3.8) is 0 Å². The van der Waals surface area contributed by atoms with Crippen LogP contribution in [0, 0.1) is 24.7 Å². The molecule has 0 aliphatic carbocycles. The number of terminal acetylenes is 2. The van der Waals surface area contributed by atoms with Gasteiger partial charge in [-0.05, 0) is 38.5 Å². The van der Waals surface area contributed by atoms with E-state index in [-0.39, 0.29) is 5.91 Å². The van der Waals surface area contributed by atoms with Crippen LogP contribution >= 0.6 is 23.2 Å². The average molecular weight is 324 g/mol. The monoisotopic (exact) mass is 323 g/mol. The van der Waals surface area contributed by atoms with Crippen LogP contribution in [0.1, 0.15) is 44.0 Å². The van der Waals surface area contributed by atoms with Crippen molar-refractivity contribution in [3.8, 4) is 24.7 Å². The molecule has 0 saturated heterocycles. The number of amides is 1. The number of rotatable bonds is 3. The third-order valence-corrected chi connectivity index (χ3v) is 2.74. The van der Waals surface area contributed by atoms with Crippen LogP contribution in [-0.2, 0) is 0 Å². The fraction of sp³-hybridized carbons (Fsp3) is 0.353. The molecule has 4 heteroatoms. The van der Waals surface area contributed by atoms with Crippen molar-refractivity contribution < 1.29 is 4.79 Å². The predicted octanol–water partition coefficient (Wildman–Crippen LogP) is 4.55. The molecule has 0 aliphatic rings. The number of hydrogen-bond acceptors (Lipinski definition) is 1. The number of hydrogen-bond donors (Lipinski definition) is 1. The first kappa shape index (κ1) is 19.4. The van der Waals surface area contributed by atoms with E-state index in [2.05, 4.69) is 24.1 Å². The lowest BCUT2D eigenvalue weighted by Crippen LogP contribution is -2.42. The van der Waals surface area contributed by atoms with Crippen LogP contribution < -0.4 is 5.32 Å². The highest BCUT2D eigenvalue weighted by molar-refractivity contribution is 6.35. The fourth-order valence-electron chi connectivity index (χ4n) is 1.22. The summed E-state index contributed by atoms with van der Waals surface area (Å²) in [5, 5.41) is 3.51. The molecule has 0 heterocycles. The van der Waals surface area contributed by atoms with Gasteiger partial charge in [-0.3, -0.25) is 4.79 Å². The zero-order valence-corrected chi connectivity index (χ0v) is 14.0. The second kappa shape index (κ2) is 9.35. The van der Waals surface area contributed by atoms with E-state index < -0.39 is 5.54 Å². The Morgan fingerprint density at radius 1 is 1.24 bits per heavy atom. The van der Waals surface area contributed by atoms with Crippen molar-refractivity contribution in [1.29, 1.82) is 0 Å². The molecule has 0 atom stereocenters. The minimum absolute atomic E-state index is 0.299. The summed E-state index contributed by atoms with van der Waals surface area (Å²) < 4.78 is 0. The highest BCUT2D eigenvalue weighted by atomic mass is 35.5. The molecule has 112 valence electrons. The number of unbranched alkanes of at least 4 members (excludes halogenated alkanes) is 1. The Morgan fingerprint density at radius 2 is 1.76 bits per heavy atom. The summed E-state index contributed by atoms with van der Waals surface area (Å²) in [6, 6.07) is 4.64. The van der Waals surface area contributed by atoms with Gasteiger partial charge in [-0.15, -0.1) is 18.8 Å². The molecule has 0 bridgehead atoms. The minimum atomic E-state index is -0.703. The third kappa shape index (κ3) is 8.30. The number of carbonyl (C=O) groups excluding carboxylic acids is 1. The Balaban J connectivity index is 0.000000690. The summed E-state index contributed by atoms with van der Waals surface area (Å²) in [6.45, 7) is 5.54. The van der Waals surface area contributed by atoms with Gasteiger partial charge >= 0.3 is 0 Å². The maximum Gasteiger partial charge on any atom is 0.252 e. The van der Waals surface area contributed by atoms with E-state index in [9.17, 15) is 4.79 Å². The van der Waals surface area contributed by atoms with E-state index in [4.69, 9.17) is 36.0 Å². The highest BCUT2D eigenvalue weighted by Crippen LogP contribution is 2.19. The molecule has 0 aromatic heterocycles. The van der Waals surface area contributed by atoms with Gasteiger partial charge in [0.2, 0.25) is 0 Å². The molecule has 1 aromatic carbocycles. The Kier molecular flexibility index (Phi) is 8.63.